The van der Waals surface area contributed by atoms with Gasteiger partial charge in [0.1, 0.15) is 17.2 Å². The third-order valence-corrected chi connectivity index (χ3v) is 8.94. The Hall–Kier alpha value is -4.04. The molecule has 0 unspecified atom stereocenters. The van der Waals surface area contributed by atoms with Gasteiger partial charge < -0.3 is 24.9 Å². The minimum Gasteiger partial charge on any atom is -0.508 e. The average Bonchev–Trinajstić information content (AvgIpc) is 2.77. The SMILES string of the molecule is CCC(=CC(=O)O)C(=O)O[Si](c1ccc(O)cc1)(c1ccc(O)cc1)c1ccc(O)cc1. The molecule has 0 aliphatic rings. The van der Waals surface area contributed by atoms with Crippen LogP contribution in [0, 0.1) is 0 Å². The molecule has 0 atom stereocenters. The van der Waals surface area contributed by atoms with Crippen molar-refractivity contribution < 1.29 is 34.4 Å². The zero-order valence-electron chi connectivity index (χ0n) is 17.2. The van der Waals surface area contributed by atoms with E-state index in [4.69, 9.17) is 9.53 Å². The molecule has 32 heavy (non-hydrogen) atoms. The molecule has 0 saturated carbocycles. The predicted molar refractivity (Wildman–Crippen MR) is 121 cm³/mol. The van der Waals surface area contributed by atoms with E-state index < -0.39 is 20.3 Å². The van der Waals surface area contributed by atoms with Crippen LogP contribution in [0.15, 0.2) is 84.4 Å². The van der Waals surface area contributed by atoms with E-state index in [9.17, 15) is 24.9 Å². The van der Waals surface area contributed by atoms with E-state index in [1.54, 1.807) is 43.3 Å². The van der Waals surface area contributed by atoms with E-state index in [2.05, 4.69) is 0 Å². The lowest BCUT2D eigenvalue weighted by Crippen LogP contribution is -2.70. The highest BCUT2D eigenvalue weighted by molar-refractivity contribution is 7.07. The van der Waals surface area contributed by atoms with Crippen molar-refractivity contribution >= 4 is 35.8 Å². The third kappa shape index (κ3) is 4.65. The number of benzene rings is 3. The number of carbonyl (C=O) groups excluding carboxylic acids is 1. The molecule has 0 aromatic heterocycles. The summed E-state index contributed by atoms with van der Waals surface area (Å²) in [4.78, 5) is 24.4. The van der Waals surface area contributed by atoms with Crippen molar-refractivity contribution in [3.8, 4) is 17.2 Å². The molecule has 0 amide bonds. The first-order valence-corrected chi connectivity index (χ1v) is 11.7. The maximum Gasteiger partial charge on any atom is 0.350 e. The minimum absolute atomic E-state index is 0.00860. The highest BCUT2D eigenvalue weighted by Gasteiger charge is 2.46. The number of carboxylic acid groups (broad SMARTS) is 1. The van der Waals surface area contributed by atoms with Crippen LogP contribution in [-0.4, -0.2) is 40.7 Å². The molecule has 0 fully saturated rings. The molecule has 0 heterocycles. The molecule has 3 aromatic rings. The second-order valence-corrected chi connectivity index (χ2v) is 10.4. The number of aliphatic carboxylic acids is 1. The summed E-state index contributed by atoms with van der Waals surface area (Å²) in [5.74, 6) is -1.96. The second kappa shape index (κ2) is 9.40. The summed E-state index contributed by atoms with van der Waals surface area (Å²) in [5, 5.41) is 40.4. The molecular weight excluding hydrogens is 428 g/mol. The molecule has 8 heteroatoms. The lowest BCUT2D eigenvalue weighted by Gasteiger charge is -2.32. The Labute approximate surface area is 185 Å². The van der Waals surface area contributed by atoms with Gasteiger partial charge in [0.2, 0.25) is 0 Å². The Morgan fingerprint density at radius 3 is 1.38 bits per heavy atom. The van der Waals surface area contributed by atoms with Crippen molar-refractivity contribution in [2.75, 3.05) is 0 Å². The van der Waals surface area contributed by atoms with Crippen molar-refractivity contribution in [1.82, 2.24) is 0 Å². The fourth-order valence-electron chi connectivity index (χ4n) is 3.42. The molecule has 0 saturated heterocycles. The van der Waals surface area contributed by atoms with Crippen LogP contribution < -0.4 is 15.6 Å². The first-order chi connectivity index (χ1) is 15.3. The van der Waals surface area contributed by atoms with Crippen molar-refractivity contribution in [1.29, 1.82) is 0 Å². The smallest absolute Gasteiger partial charge is 0.350 e. The van der Waals surface area contributed by atoms with Crippen LogP contribution >= 0.6 is 0 Å². The molecule has 164 valence electrons. The Bertz CT molecular complexity index is 1020. The zero-order chi connectivity index (χ0) is 23.3. The Kier molecular flexibility index (Phi) is 6.65. The number of phenols is 3. The maximum absolute atomic E-state index is 13.2. The third-order valence-electron chi connectivity index (χ3n) is 5.01. The summed E-state index contributed by atoms with van der Waals surface area (Å²) in [5.41, 5.74) is -0.00860. The van der Waals surface area contributed by atoms with E-state index >= 15 is 0 Å². The number of carbonyl (C=O) groups is 2. The monoisotopic (exact) mass is 450 g/mol. The van der Waals surface area contributed by atoms with Gasteiger partial charge in [-0.25, -0.2) is 9.59 Å². The van der Waals surface area contributed by atoms with Gasteiger partial charge in [-0.3, -0.25) is 0 Å². The number of phenolic OH excluding ortho intramolecular Hbond substituents is 3. The van der Waals surface area contributed by atoms with Gasteiger partial charge in [0.05, 0.1) is 0 Å². The molecule has 7 nitrogen and oxygen atoms in total. The number of hydrogen-bond donors (Lipinski definition) is 4. The van der Waals surface area contributed by atoms with E-state index in [1.807, 2.05) is 0 Å². The molecular formula is C24H22O7Si. The lowest BCUT2D eigenvalue weighted by atomic mass is 10.2. The first kappa shape index (κ1) is 22.6. The molecule has 0 spiro atoms. The first-order valence-electron chi connectivity index (χ1n) is 9.81. The van der Waals surface area contributed by atoms with Crippen LogP contribution in [0.2, 0.25) is 0 Å². The van der Waals surface area contributed by atoms with Crippen LogP contribution in [-0.2, 0) is 14.0 Å². The highest BCUT2D eigenvalue weighted by atomic mass is 28.4. The van der Waals surface area contributed by atoms with Gasteiger partial charge >= 0.3 is 20.3 Å². The molecule has 0 radical (unpaired) electrons. The molecule has 0 aliphatic carbocycles. The van der Waals surface area contributed by atoms with E-state index in [0.29, 0.717) is 15.6 Å². The van der Waals surface area contributed by atoms with Crippen molar-refractivity contribution in [2.45, 2.75) is 13.3 Å². The minimum atomic E-state index is -3.60. The highest BCUT2D eigenvalue weighted by Crippen LogP contribution is 2.18. The number of hydrogen-bond acceptors (Lipinski definition) is 6. The number of carboxylic acids is 1. The van der Waals surface area contributed by atoms with Crippen LogP contribution in [0.4, 0.5) is 0 Å². The normalized spacial score (nSPS) is 11.7. The zero-order valence-corrected chi connectivity index (χ0v) is 18.2. The van der Waals surface area contributed by atoms with Crippen molar-refractivity contribution in [2.24, 2.45) is 0 Å². The van der Waals surface area contributed by atoms with Gasteiger partial charge in [0, 0.05) is 11.6 Å². The number of rotatable bonds is 7. The van der Waals surface area contributed by atoms with Crippen LogP contribution in [0.5, 0.6) is 17.2 Å². The quantitative estimate of drug-likeness (QED) is 0.245. The van der Waals surface area contributed by atoms with Crippen molar-refractivity contribution in [3.63, 3.8) is 0 Å². The number of aromatic hydroxyl groups is 3. The fraction of sp³-hybridized carbons (Fsp3) is 0.0833. The standard InChI is InChI=1S/C24H22O7Si/c1-2-16(15-23(28)29)24(30)31-32(20-9-3-17(25)4-10-20,21-11-5-18(26)6-12-21)22-13-7-19(27)8-14-22/h3-15,25-27H,2H2,1H3,(H,28,29). The second-order valence-electron chi connectivity index (χ2n) is 7.07. The van der Waals surface area contributed by atoms with E-state index in [-0.39, 0.29) is 29.2 Å². The summed E-state index contributed by atoms with van der Waals surface area (Å²) in [6, 6.07) is 18.7. The maximum atomic E-state index is 13.2. The van der Waals surface area contributed by atoms with E-state index in [0.717, 1.165) is 6.08 Å². The van der Waals surface area contributed by atoms with Crippen molar-refractivity contribution in [3.05, 3.63) is 84.4 Å². The average molecular weight is 451 g/mol. The Morgan fingerprint density at radius 1 is 0.750 bits per heavy atom. The van der Waals surface area contributed by atoms with Gasteiger partial charge in [-0.1, -0.05) is 43.3 Å². The topological polar surface area (TPSA) is 124 Å². The van der Waals surface area contributed by atoms with Gasteiger partial charge in [-0.15, -0.1) is 0 Å². The van der Waals surface area contributed by atoms with Crippen LogP contribution in [0.3, 0.4) is 0 Å². The van der Waals surface area contributed by atoms with Crippen LogP contribution in [0.25, 0.3) is 0 Å². The Morgan fingerprint density at radius 2 is 1.09 bits per heavy atom. The summed E-state index contributed by atoms with van der Waals surface area (Å²) < 4.78 is 6.19. The summed E-state index contributed by atoms with van der Waals surface area (Å²) in [7, 11) is -3.60. The predicted octanol–water partition coefficient (Wildman–Crippen LogP) is 1.73. The Balaban J connectivity index is 2.31. The van der Waals surface area contributed by atoms with E-state index in [1.165, 1.54) is 36.4 Å². The molecule has 3 aromatic carbocycles. The molecule has 0 aliphatic heterocycles. The van der Waals surface area contributed by atoms with Gasteiger partial charge in [-0.2, -0.15) is 0 Å². The van der Waals surface area contributed by atoms with Gasteiger partial charge in [0.25, 0.3) is 0 Å². The largest absolute Gasteiger partial charge is 0.508 e. The summed E-state index contributed by atoms with van der Waals surface area (Å²) in [6.45, 7) is 1.65. The lowest BCUT2D eigenvalue weighted by molar-refractivity contribution is -0.134. The fourth-order valence-corrected chi connectivity index (χ4v) is 7.10. The summed E-state index contributed by atoms with van der Waals surface area (Å²) >= 11 is 0. The summed E-state index contributed by atoms with van der Waals surface area (Å²) in [6.07, 6.45) is 0.975. The molecule has 3 rings (SSSR count). The molecule has 4 N–H and O–H groups in total. The molecule has 0 bridgehead atoms. The van der Waals surface area contributed by atoms with Crippen LogP contribution in [0.1, 0.15) is 13.3 Å². The van der Waals surface area contributed by atoms with Gasteiger partial charge in [-0.05, 0) is 58.4 Å². The van der Waals surface area contributed by atoms with Gasteiger partial charge in [0.15, 0.2) is 0 Å².